The average Bonchev–Trinajstić information content (AvgIpc) is 3.29. The highest BCUT2D eigenvalue weighted by molar-refractivity contribution is 7.90. The molecule has 1 fully saturated rings. The van der Waals surface area contributed by atoms with Crippen LogP contribution in [0.3, 0.4) is 0 Å². The topological polar surface area (TPSA) is 75.3 Å². The second kappa shape index (κ2) is 6.74. The molecule has 5 nitrogen and oxygen atoms in total. The first-order chi connectivity index (χ1) is 11.1. The van der Waals surface area contributed by atoms with Gasteiger partial charge in [-0.1, -0.05) is 30.7 Å². The third kappa shape index (κ3) is 3.93. The van der Waals surface area contributed by atoms with Crippen LogP contribution in [0.1, 0.15) is 32.1 Å². The van der Waals surface area contributed by atoms with E-state index < -0.39 is 15.9 Å². The number of allylic oxidation sites excluding steroid dienone is 2. The van der Waals surface area contributed by atoms with E-state index in [2.05, 4.69) is 22.2 Å². The van der Waals surface area contributed by atoms with Gasteiger partial charge in [0.1, 0.15) is 4.90 Å². The third-order valence-electron chi connectivity index (χ3n) is 4.33. The van der Waals surface area contributed by atoms with Crippen molar-refractivity contribution in [3.05, 3.63) is 36.4 Å². The summed E-state index contributed by atoms with van der Waals surface area (Å²) in [4.78, 5) is 12.3. The highest BCUT2D eigenvalue weighted by atomic mass is 32.2. The molecule has 2 N–H and O–H groups in total. The maximum atomic E-state index is 12.5. The van der Waals surface area contributed by atoms with Gasteiger partial charge in [-0.15, -0.1) is 0 Å². The molecule has 0 radical (unpaired) electrons. The van der Waals surface area contributed by atoms with Crippen LogP contribution in [0.25, 0.3) is 0 Å². The van der Waals surface area contributed by atoms with Gasteiger partial charge in [-0.25, -0.2) is 13.1 Å². The Balaban J connectivity index is 1.84. The Morgan fingerprint density at radius 1 is 1.09 bits per heavy atom. The van der Waals surface area contributed by atoms with Crippen molar-refractivity contribution >= 4 is 21.6 Å². The molecule has 3 rings (SSSR count). The molecule has 23 heavy (non-hydrogen) atoms. The number of benzene rings is 1. The number of anilines is 1. The minimum atomic E-state index is -3.84. The summed E-state index contributed by atoms with van der Waals surface area (Å²) < 4.78 is 27.3. The summed E-state index contributed by atoms with van der Waals surface area (Å²) in [7, 11) is -3.84. The van der Waals surface area contributed by atoms with E-state index in [1.165, 1.54) is 6.07 Å². The fourth-order valence-corrected chi connectivity index (χ4v) is 4.11. The number of nitrogens with one attached hydrogen (secondary N) is 2. The zero-order valence-corrected chi connectivity index (χ0v) is 13.8. The van der Waals surface area contributed by atoms with Crippen molar-refractivity contribution in [2.24, 2.45) is 11.8 Å². The fourth-order valence-electron chi connectivity index (χ4n) is 2.90. The van der Waals surface area contributed by atoms with Gasteiger partial charge in [0.05, 0.1) is 5.69 Å². The molecule has 0 saturated heterocycles. The highest BCUT2D eigenvalue weighted by Gasteiger charge is 2.42. The average molecular weight is 334 g/mol. The van der Waals surface area contributed by atoms with E-state index in [0.717, 1.165) is 38.6 Å². The van der Waals surface area contributed by atoms with Crippen LogP contribution < -0.4 is 10.0 Å². The van der Waals surface area contributed by atoms with E-state index >= 15 is 0 Å². The Kier molecular flexibility index (Phi) is 4.71. The van der Waals surface area contributed by atoms with Gasteiger partial charge in [-0.3, -0.25) is 4.79 Å². The first kappa shape index (κ1) is 16.1. The van der Waals surface area contributed by atoms with Gasteiger partial charge in [-0.05, 0) is 43.7 Å². The molecule has 2 atom stereocenters. The lowest BCUT2D eigenvalue weighted by Crippen LogP contribution is -2.32. The number of hydrogen-bond acceptors (Lipinski definition) is 4. The van der Waals surface area contributed by atoms with Gasteiger partial charge in [0.2, 0.25) is 5.91 Å². The van der Waals surface area contributed by atoms with E-state index in [-0.39, 0.29) is 16.7 Å². The van der Waals surface area contributed by atoms with Gasteiger partial charge < -0.3 is 5.32 Å². The van der Waals surface area contributed by atoms with E-state index in [9.17, 15) is 13.2 Å². The lowest BCUT2D eigenvalue weighted by Gasteiger charge is -2.13. The Hall–Kier alpha value is -1.82. The predicted molar refractivity (Wildman–Crippen MR) is 89.5 cm³/mol. The van der Waals surface area contributed by atoms with Gasteiger partial charge in [-0.2, -0.15) is 0 Å². The van der Waals surface area contributed by atoms with Crippen molar-refractivity contribution < 1.29 is 13.2 Å². The molecule has 6 heteroatoms. The van der Waals surface area contributed by atoms with Crippen LogP contribution in [0.15, 0.2) is 41.3 Å². The van der Waals surface area contributed by atoms with Crippen molar-refractivity contribution in [2.75, 3.05) is 11.9 Å². The van der Waals surface area contributed by atoms with Crippen LogP contribution >= 0.6 is 0 Å². The Morgan fingerprint density at radius 2 is 1.91 bits per heavy atom. The van der Waals surface area contributed by atoms with Crippen molar-refractivity contribution in [1.82, 2.24) is 4.72 Å². The molecule has 1 aromatic carbocycles. The zero-order valence-electron chi connectivity index (χ0n) is 13.0. The standard InChI is InChI=1S/C17H22N2O3S/c20-17-14-12-13(14)8-4-2-1-3-7-11-18-15-9-5-6-10-16(15)23(21,22)19-17/h4-6,8-10,13-14,18H,1-3,7,11-12H2,(H,19,20)/b8-4-/t13-,14?/m1/s1. The summed E-state index contributed by atoms with van der Waals surface area (Å²) in [6.07, 6.45) is 9.12. The quantitative estimate of drug-likeness (QED) is 0.715. The van der Waals surface area contributed by atoms with E-state index in [1.807, 2.05) is 0 Å². The van der Waals surface area contributed by atoms with Gasteiger partial charge in [0, 0.05) is 12.5 Å². The Morgan fingerprint density at radius 3 is 2.78 bits per heavy atom. The summed E-state index contributed by atoms with van der Waals surface area (Å²) in [5, 5.41) is 3.18. The monoisotopic (exact) mass is 334 g/mol. The summed E-state index contributed by atoms with van der Waals surface area (Å²) in [6.45, 7) is 0.718. The Bertz CT molecular complexity index is 712. The van der Waals surface area contributed by atoms with Crippen molar-refractivity contribution in [3.8, 4) is 0 Å². The lowest BCUT2D eigenvalue weighted by atomic mass is 10.1. The van der Waals surface area contributed by atoms with Gasteiger partial charge in [0.15, 0.2) is 0 Å². The second-order valence-corrected chi connectivity index (χ2v) is 7.83. The van der Waals surface area contributed by atoms with Gasteiger partial charge >= 0.3 is 0 Å². The first-order valence-electron chi connectivity index (χ1n) is 8.14. The largest absolute Gasteiger partial charge is 0.384 e. The molecule has 1 amide bonds. The number of fused-ring (bicyclic) bond motifs is 2. The molecule has 0 spiro atoms. The van der Waals surface area contributed by atoms with E-state index in [1.54, 1.807) is 18.2 Å². The molecule has 1 unspecified atom stereocenters. The predicted octanol–water partition coefficient (Wildman–Crippen LogP) is 2.67. The molecule has 1 saturated carbocycles. The smallest absolute Gasteiger partial charge is 0.266 e. The molecule has 1 aliphatic heterocycles. The number of carbonyl (C=O) groups is 1. The number of sulfonamides is 1. The molecule has 0 bridgehead atoms. The molecule has 1 heterocycles. The van der Waals surface area contributed by atoms with Crippen LogP contribution in [-0.4, -0.2) is 20.9 Å². The van der Waals surface area contributed by atoms with Crippen molar-refractivity contribution in [2.45, 2.75) is 37.0 Å². The highest BCUT2D eigenvalue weighted by Crippen LogP contribution is 2.40. The fraction of sp³-hybridized carbons (Fsp3) is 0.471. The van der Waals surface area contributed by atoms with Crippen LogP contribution in [0.4, 0.5) is 5.69 Å². The maximum absolute atomic E-state index is 12.5. The van der Waals surface area contributed by atoms with Crippen LogP contribution in [-0.2, 0) is 14.8 Å². The number of para-hydroxylation sites is 1. The van der Waals surface area contributed by atoms with E-state index in [0.29, 0.717) is 5.69 Å². The van der Waals surface area contributed by atoms with Crippen LogP contribution in [0.5, 0.6) is 0 Å². The lowest BCUT2D eigenvalue weighted by molar-refractivity contribution is -0.120. The molecule has 2 aliphatic rings. The molecule has 1 aromatic rings. The first-order valence-corrected chi connectivity index (χ1v) is 9.62. The summed E-state index contributed by atoms with van der Waals surface area (Å²) >= 11 is 0. The zero-order chi connectivity index (χ0) is 16.3. The Labute approximate surface area is 137 Å². The van der Waals surface area contributed by atoms with E-state index in [4.69, 9.17) is 0 Å². The molecular formula is C17H22N2O3S. The summed E-state index contributed by atoms with van der Waals surface area (Å²) in [5.74, 6) is -0.431. The normalized spacial score (nSPS) is 28.8. The number of amides is 1. The number of carbonyl (C=O) groups excluding carboxylic acids is 1. The second-order valence-electron chi connectivity index (χ2n) is 6.18. The van der Waals surface area contributed by atoms with Crippen molar-refractivity contribution in [3.63, 3.8) is 0 Å². The van der Waals surface area contributed by atoms with Crippen LogP contribution in [0.2, 0.25) is 0 Å². The molecule has 124 valence electrons. The molecule has 1 aliphatic carbocycles. The van der Waals surface area contributed by atoms with Crippen molar-refractivity contribution in [1.29, 1.82) is 0 Å². The van der Waals surface area contributed by atoms with Gasteiger partial charge in [0.25, 0.3) is 10.0 Å². The summed E-state index contributed by atoms with van der Waals surface area (Å²) in [6, 6.07) is 6.72. The maximum Gasteiger partial charge on any atom is 0.266 e. The number of rotatable bonds is 0. The molecular weight excluding hydrogens is 312 g/mol. The third-order valence-corrected chi connectivity index (χ3v) is 5.74. The molecule has 0 aromatic heterocycles. The minimum Gasteiger partial charge on any atom is -0.384 e. The summed E-state index contributed by atoms with van der Waals surface area (Å²) in [5.41, 5.74) is 0.549. The van der Waals surface area contributed by atoms with Crippen LogP contribution in [0, 0.1) is 11.8 Å². The minimum absolute atomic E-state index is 0.135. The SMILES string of the molecule is O=C1NS(=O)(=O)c2ccccc2NCCCCC/C=C\[C@@H]2CC12. The number of hydrogen-bond donors (Lipinski definition) is 2.